The molecule has 45 heavy (non-hydrogen) atoms. The fourth-order valence-electron chi connectivity index (χ4n) is 6.80. The zero-order valence-corrected chi connectivity index (χ0v) is 25.1. The van der Waals surface area contributed by atoms with Gasteiger partial charge in [0.25, 0.3) is 5.56 Å². The molecule has 2 aliphatic carbocycles. The highest BCUT2D eigenvalue weighted by atomic mass is 16.7. The van der Waals surface area contributed by atoms with E-state index in [1.165, 1.54) is 28.1 Å². The number of methoxy groups -OCH3 is 2. The molecule has 3 N–H and O–H groups in total. The molecule has 0 bridgehead atoms. The molecule has 1 aliphatic heterocycles. The summed E-state index contributed by atoms with van der Waals surface area (Å²) < 4.78 is 30.2. The third kappa shape index (κ3) is 4.01. The number of aryl methyl sites for hydroxylation is 1. The molecular formula is C32H30N2O11. The van der Waals surface area contributed by atoms with Gasteiger partial charge in [0.1, 0.15) is 34.5 Å². The molecule has 234 valence electrons. The van der Waals surface area contributed by atoms with Crippen LogP contribution in [0.2, 0.25) is 0 Å². The molecule has 4 unspecified atom stereocenters. The van der Waals surface area contributed by atoms with E-state index in [9.17, 15) is 29.7 Å². The topological polar surface area (TPSA) is 179 Å². The fraction of sp³-hybridized carbons (Fsp3) is 0.375. The maximum absolute atomic E-state index is 14.2. The van der Waals surface area contributed by atoms with Crippen LogP contribution < -0.4 is 15.7 Å². The van der Waals surface area contributed by atoms with Crippen molar-refractivity contribution in [3.8, 4) is 28.4 Å². The Morgan fingerprint density at radius 1 is 1.04 bits per heavy atom. The van der Waals surface area contributed by atoms with Crippen molar-refractivity contribution in [2.24, 2.45) is 5.10 Å². The second kappa shape index (κ2) is 10.2. The normalized spacial score (nSPS) is 22.1. The molecule has 4 atom stereocenters. The number of benzene rings is 2. The minimum atomic E-state index is -1.03. The number of hydrogen-bond donors (Lipinski definition) is 3. The third-order valence-electron chi connectivity index (χ3n) is 9.02. The van der Waals surface area contributed by atoms with Gasteiger partial charge in [-0.25, -0.2) is 4.68 Å². The van der Waals surface area contributed by atoms with Crippen molar-refractivity contribution in [3.05, 3.63) is 60.9 Å². The van der Waals surface area contributed by atoms with Gasteiger partial charge in [-0.3, -0.25) is 14.4 Å². The standard InChI is InChI=1S/C32H30N2O11/c1-11-6-14-7-15-8-18-21-23(19(15)25(37)20(14)32(40)34(11)33-12(2)13(3)35)27(39)24-26(38)22-17(41-4)9-16(36)28(42-5)30(22)45-31(24)29(21)44-10-43-18/h6-7,16-18,28,36-37,39H,8-10H2,1-5H3. The average molecular weight is 619 g/mol. The van der Waals surface area contributed by atoms with E-state index >= 15 is 0 Å². The molecule has 13 nitrogen and oxygen atoms in total. The van der Waals surface area contributed by atoms with E-state index in [1.54, 1.807) is 19.1 Å². The number of rotatable bonds is 4. The van der Waals surface area contributed by atoms with Crippen LogP contribution in [0.5, 0.6) is 17.2 Å². The van der Waals surface area contributed by atoms with E-state index in [-0.39, 0.29) is 75.7 Å². The van der Waals surface area contributed by atoms with Crippen LogP contribution in [0, 0.1) is 6.92 Å². The molecule has 2 aromatic heterocycles. The van der Waals surface area contributed by atoms with E-state index in [0.717, 1.165) is 4.68 Å². The van der Waals surface area contributed by atoms with Crippen LogP contribution in [0.15, 0.2) is 31.2 Å². The van der Waals surface area contributed by atoms with Gasteiger partial charge in [-0.15, -0.1) is 0 Å². The molecule has 0 fully saturated rings. The van der Waals surface area contributed by atoms with Gasteiger partial charge in [0.2, 0.25) is 5.43 Å². The first-order valence-corrected chi connectivity index (χ1v) is 14.3. The number of fused-ring (bicyclic) bond motifs is 6. The molecule has 0 saturated carbocycles. The van der Waals surface area contributed by atoms with Crippen LogP contribution in [0.25, 0.3) is 32.9 Å². The van der Waals surface area contributed by atoms with Crippen molar-refractivity contribution in [2.75, 3.05) is 21.0 Å². The molecule has 7 rings (SSSR count). The van der Waals surface area contributed by atoms with E-state index in [4.69, 9.17) is 23.4 Å². The summed E-state index contributed by atoms with van der Waals surface area (Å²) in [5.74, 6) is -1.06. The summed E-state index contributed by atoms with van der Waals surface area (Å²) in [6, 6.07) is 3.41. The van der Waals surface area contributed by atoms with Crippen molar-refractivity contribution in [2.45, 2.75) is 58.0 Å². The summed E-state index contributed by atoms with van der Waals surface area (Å²) in [5, 5.41) is 38.7. The number of phenols is 2. The number of aliphatic hydroxyl groups excluding tert-OH is 1. The van der Waals surface area contributed by atoms with Crippen molar-refractivity contribution >= 4 is 33.2 Å². The fourth-order valence-corrected chi connectivity index (χ4v) is 6.80. The molecule has 3 aliphatic rings. The second-order valence-electron chi connectivity index (χ2n) is 11.6. The van der Waals surface area contributed by atoms with Gasteiger partial charge >= 0.3 is 0 Å². The Labute approximate surface area is 254 Å². The number of hydrogen-bond acceptors (Lipinski definition) is 12. The van der Waals surface area contributed by atoms with Crippen LogP contribution in [0.3, 0.4) is 0 Å². The van der Waals surface area contributed by atoms with Gasteiger partial charge in [-0.05, 0) is 36.9 Å². The number of carbonyl (C=O) groups is 1. The van der Waals surface area contributed by atoms with E-state index in [1.807, 2.05) is 0 Å². The van der Waals surface area contributed by atoms with Crippen molar-refractivity contribution < 1.29 is 43.5 Å². The highest BCUT2D eigenvalue weighted by Crippen LogP contribution is 2.57. The minimum Gasteiger partial charge on any atom is -0.506 e. The number of Topliss-reactive ketones (excluding diaryl/α,β-unsaturated/α-hetero) is 1. The van der Waals surface area contributed by atoms with E-state index < -0.39 is 46.9 Å². The van der Waals surface area contributed by atoms with Crippen LogP contribution in [-0.4, -0.2) is 58.6 Å². The summed E-state index contributed by atoms with van der Waals surface area (Å²) in [6.07, 6.45) is -3.20. The summed E-state index contributed by atoms with van der Waals surface area (Å²) in [6.45, 7) is 4.30. The molecule has 0 radical (unpaired) electrons. The number of phenolic OH excluding ortho intramolecular Hbond substituents is 2. The highest BCUT2D eigenvalue weighted by Gasteiger charge is 2.43. The van der Waals surface area contributed by atoms with Gasteiger partial charge in [0, 0.05) is 56.4 Å². The lowest BCUT2D eigenvalue weighted by Gasteiger charge is -2.36. The maximum atomic E-state index is 14.2. The first-order chi connectivity index (χ1) is 21.5. The summed E-state index contributed by atoms with van der Waals surface area (Å²) >= 11 is 0. The number of ketones is 1. The molecule has 0 spiro atoms. The molecular weight excluding hydrogens is 588 g/mol. The Hall–Kier alpha value is -4.56. The zero-order valence-electron chi connectivity index (χ0n) is 25.1. The number of nitrogens with zero attached hydrogens (tertiary/aromatic N) is 2. The van der Waals surface area contributed by atoms with Crippen LogP contribution in [0.1, 0.15) is 66.7 Å². The molecule has 13 heteroatoms. The highest BCUT2D eigenvalue weighted by molar-refractivity contribution is 6.37. The average Bonchev–Trinajstić information content (AvgIpc) is 3.00. The maximum Gasteiger partial charge on any atom is 0.282 e. The zero-order chi connectivity index (χ0) is 32.1. The lowest BCUT2D eigenvalue weighted by molar-refractivity contribution is -0.111. The van der Waals surface area contributed by atoms with Gasteiger partial charge in [-0.1, -0.05) is 0 Å². The second-order valence-corrected chi connectivity index (χ2v) is 11.6. The van der Waals surface area contributed by atoms with Crippen molar-refractivity contribution in [3.63, 3.8) is 0 Å². The summed E-state index contributed by atoms with van der Waals surface area (Å²) in [7, 11) is 2.78. The Balaban J connectivity index is 1.59. The lowest BCUT2D eigenvalue weighted by atomic mass is 9.79. The molecule has 3 heterocycles. The smallest absolute Gasteiger partial charge is 0.282 e. The van der Waals surface area contributed by atoms with Gasteiger partial charge in [0.05, 0.1) is 29.3 Å². The Bertz CT molecular complexity index is 2130. The number of aromatic hydroxyl groups is 2. The number of ether oxygens (including phenoxy) is 4. The monoisotopic (exact) mass is 618 g/mol. The molecule has 0 amide bonds. The number of carbonyl (C=O) groups excluding carboxylic acids is 1. The summed E-state index contributed by atoms with van der Waals surface area (Å²) in [5.41, 5.74) is 0.383. The van der Waals surface area contributed by atoms with Gasteiger partial charge in [-0.2, -0.15) is 5.10 Å². The molecule has 4 aromatic rings. The third-order valence-corrected chi connectivity index (χ3v) is 9.02. The lowest BCUT2D eigenvalue weighted by Crippen LogP contribution is -2.34. The predicted octanol–water partition coefficient (Wildman–Crippen LogP) is 3.41. The van der Waals surface area contributed by atoms with Crippen molar-refractivity contribution in [1.29, 1.82) is 0 Å². The van der Waals surface area contributed by atoms with Gasteiger partial charge in [0.15, 0.2) is 23.9 Å². The van der Waals surface area contributed by atoms with Crippen LogP contribution in [-0.2, 0) is 25.4 Å². The quantitative estimate of drug-likeness (QED) is 0.285. The van der Waals surface area contributed by atoms with E-state index in [2.05, 4.69) is 5.10 Å². The Morgan fingerprint density at radius 2 is 1.78 bits per heavy atom. The first-order valence-electron chi connectivity index (χ1n) is 14.3. The first kappa shape index (κ1) is 29.2. The van der Waals surface area contributed by atoms with Gasteiger partial charge < -0.3 is 38.7 Å². The Kier molecular flexibility index (Phi) is 6.64. The van der Waals surface area contributed by atoms with Crippen LogP contribution in [0.4, 0.5) is 0 Å². The number of aliphatic hydroxyl groups is 1. The largest absolute Gasteiger partial charge is 0.506 e. The van der Waals surface area contributed by atoms with E-state index in [0.29, 0.717) is 22.2 Å². The number of aromatic nitrogens is 1. The minimum absolute atomic E-state index is 0.0517. The van der Waals surface area contributed by atoms with Crippen molar-refractivity contribution in [1.82, 2.24) is 4.68 Å². The summed E-state index contributed by atoms with van der Waals surface area (Å²) in [4.78, 5) is 39.8. The predicted molar refractivity (Wildman–Crippen MR) is 160 cm³/mol. The SMILES string of the molecule is COC1CC(O)C(OC)c2oc3c4c5c(c(O)c3c(=O)c21)-c1c(cc2cc(C)n(N=C(C)C(C)=O)c(=O)c2c1O)CC5OCO4. The van der Waals surface area contributed by atoms with Crippen LogP contribution >= 0.6 is 0 Å². The molecule has 2 aromatic carbocycles. The molecule has 0 saturated heterocycles. The number of pyridine rings is 1. The Morgan fingerprint density at radius 3 is 2.47 bits per heavy atom.